The van der Waals surface area contributed by atoms with Crippen LogP contribution < -0.4 is 0 Å². The molecular formula is C19H24O3S. The van der Waals surface area contributed by atoms with Crippen molar-refractivity contribution in [1.29, 1.82) is 0 Å². The highest BCUT2D eigenvalue weighted by Gasteiger charge is 2.68. The summed E-state index contributed by atoms with van der Waals surface area (Å²) in [5.74, 6) is 0.497. The molecule has 2 aliphatic carbocycles. The van der Waals surface area contributed by atoms with Crippen LogP contribution in [0.1, 0.15) is 26.7 Å². The van der Waals surface area contributed by atoms with Crippen molar-refractivity contribution in [3.05, 3.63) is 41.8 Å². The van der Waals surface area contributed by atoms with Crippen LogP contribution in [0.3, 0.4) is 0 Å². The zero-order valence-electron chi connectivity index (χ0n) is 14.0. The molecule has 0 radical (unpaired) electrons. The molecule has 0 aromatic heterocycles. The molecule has 1 aromatic carbocycles. The van der Waals surface area contributed by atoms with Crippen molar-refractivity contribution < 1.29 is 14.3 Å². The Morgan fingerprint density at radius 3 is 2.74 bits per heavy atom. The number of ether oxygens (including phenoxy) is 2. The highest BCUT2D eigenvalue weighted by atomic mass is 32.2. The van der Waals surface area contributed by atoms with E-state index in [0.717, 1.165) is 12.8 Å². The molecule has 0 aliphatic heterocycles. The summed E-state index contributed by atoms with van der Waals surface area (Å²) in [7, 11) is 1.59. The number of carbonyl (C=O) groups is 1. The normalized spacial score (nSPS) is 32.0. The Morgan fingerprint density at radius 1 is 1.30 bits per heavy atom. The number of hydrogen-bond donors (Lipinski definition) is 0. The molecule has 0 saturated heterocycles. The molecule has 23 heavy (non-hydrogen) atoms. The zero-order chi connectivity index (χ0) is 16.5. The zero-order valence-corrected chi connectivity index (χ0v) is 14.8. The molecule has 2 aliphatic rings. The van der Waals surface area contributed by atoms with Crippen LogP contribution in [0.4, 0.5) is 0 Å². The van der Waals surface area contributed by atoms with E-state index in [1.54, 1.807) is 18.9 Å². The lowest BCUT2D eigenvalue weighted by Crippen LogP contribution is -2.37. The topological polar surface area (TPSA) is 35.5 Å². The molecular weight excluding hydrogens is 308 g/mol. The fraction of sp³-hybridized carbons (Fsp3) is 0.526. The summed E-state index contributed by atoms with van der Waals surface area (Å²) in [5, 5.41) is 2.08. The molecule has 3 nitrogen and oxygen atoms in total. The van der Waals surface area contributed by atoms with Crippen LogP contribution in [0.25, 0.3) is 0 Å². The van der Waals surface area contributed by atoms with E-state index in [0.29, 0.717) is 0 Å². The maximum Gasteiger partial charge on any atom is 0.172 e. The number of rotatable bonds is 6. The molecule has 4 heteroatoms. The van der Waals surface area contributed by atoms with Gasteiger partial charge < -0.3 is 9.47 Å². The smallest absolute Gasteiger partial charge is 0.172 e. The van der Waals surface area contributed by atoms with E-state index < -0.39 is 5.41 Å². The van der Waals surface area contributed by atoms with Crippen molar-refractivity contribution in [3.63, 3.8) is 0 Å². The van der Waals surface area contributed by atoms with Crippen molar-refractivity contribution in [2.75, 3.05) is 13.9 Å². The van der Waals surface area contributed by atoms with Gasteiger partial charge in [0.25, 0.3) is 0 Å². The van der Waals surface area contributed by atoms with Gasteiger partial charge in [-0.15, -0.1) is 0 Å². The van der Waals surface area contributed by atoms with Gasteiger partial charge in [0.1, 0.15) is 12.9 Å². The summed E-state index contributed by atoms with van der Waals surface area (Å²) in [5.41, 5.74) is -0.478. The highest BCUT2D eigenvalue weighted by molar-refractivity contribution is 8.02. The molecule has 2 bridgehead atoms. The highest BCUT2D eigenvalue weighted by Crippen LogP contribution is 2.65. The lowest BCUT2D eigenvalue weighted by atomic mass is 9.69. The second-order valence-electron chi connectivity index (χ2n) is 6.93. The van der Waals surface area contributed by atoms with Crippen LogP contribution in [0.5, 0.6) is 0 Å². The van der Waals surface area contributed by atoms with Gasteiger partial charge in [-0.3, -0.25) is 4.79 Å². The minimum atomic E-state index is -0.405. The summed E-state index contributed by atoms with van der Waals surface area (Å²) in [4.78, 5) is 14.2. The van der Waals surface area contributed by atoms with Crippen LogP contribution in [0.15, 0.2) is 46.7 Å². The summed E-state index contributed by atoms with van der Waals surface area (Å²) in [6, 6.07) is 10.2. The Bertz CT molecular complexity index is 596. The third kappa shape index (κ3) is 2.67. The molecule has 3 rings (SSSR count). The Labute approximate surface area is 142 Å². The van der Waals surface area contributed by atoms with Crippen LogP contribution in [-0.2, 0) is 14.3 Å². The van der Waals surface area contributed by atoms with Gasteiger partial charge in [0, 0.05) is 12.0 Å². The predicted octanol–water partition coefficient (Wildman–Crippen LogP) is 4.29. The van der Waals surface area contributed by atoms with E-state index in [1.165, 1.54) is 4.90 Å². The van der Waals surface area contributed by atoms with Crippen LogP contribution in [0.2, 0.25) is 0 Å². The minimum Gasteiger partial charge on any atom is -0.359 e. The van der Waals surface area contributed by atoms with Gasteiger partial charge in [0.15, 0.2) is 5.78 Å². The minimum absolute atomic E-state index is 0.0732. The first-order valence-corrected chi connectivity index (χ1v) is 8.95. The average molecular weight is 332 g/mol. The number of carbonyl (C=O) groups excluding carboxylic acids is 1. The van der Waals surface area contributed by atoms with E-state index >= 15 is 0 Å². The number of fused-ring (bicyclic) bond motifs is 2. The molecule has 0 amide bonds. The fourth-order valence-electron chi connectivity index (χ4n) is 4.25. The monoisotopic (exact) mass is 332 g/mol. The van der Waals surface area contributed by atoms with Crippen LogP contribution in [0, 0.1) is 16.7 Å². The van der Waals surface area contributed by atoms with Crippen molar-refractivity contribution in [2.24, 2.45) is 16.7 Å². The Morgan fingerprint density at radius 2 is 2.04 bits per heavy atom. The largest absolute Gasteiger partial charge is 0.359 e. The van der Waals surface area contributed by atoms with Gasteiger partial charge in [0.05, 0.1) is 5.41 Å². The number of benzene rings is 1. The first-order chi connectivity index (χ1) is 11.0. The first kappa shape index (κ1) is 16.7. The quantitative estimate of drug-likeness (QED) is 0.575. The second kappa shape index (κ2) is 6.42. The van der Waals surface area contributed by atoms with E-state index in [9.17, 15) is 4.79 Å². The number of hydrogen-bond acceptors (Lipinski definition) is 4. The molecule has 1 aromatic rings. The average Bonchev–Trinajstić information content (AvgIpc) is 2.88. The molecule has 124 valence electrons. The Balaban J connectivity index is 1.80. The van der Waals surface area contributed by atoms with Crippen molar-refractivity contribution in [3.8, 4) is 0 Å². The number of Topliss-reactive ketones (excluding diaryl/α,β-unsaturated/α-hetero) is 1. The summed E-state index contributed by atoms with van der Waals surface area (Å²) >= 11 is 1.66. The number of thioether (sulfide) groups is 1. The van der Waals surface area contributed by atoms with E-state index in [-0.39, 0.29) is 30.0 Å². The van der Waals surface area contributed by atoms with Gasteiger partial charge >= 0.3 is 0 Å². The number of methoxy groups -OCH3 is 1. The standard InChI is InChI=1S/C19H24O3S/c1-18(2)15-9-10-19(18,17(20)16(15)22-13-21-3)11-12-23-14-7-5-4-6-8-14/h4-8,11-12,15-16H,9-10,13H2,1-3H3/b12-11-/t15?,16-,19?/m1/s1. The molecule has 2 fully saturated rings. The summed E-state index contributed by atoms with van der Waals surface area (Å²) in [6.45, 7) is 4.59. The van der Waals surface area contributed by atoms with Crippen molar-refractivity contribution in [1.82, 2.24) is 0 Å². The van der Waals surface area contributed by atoms with Crippen LogP contribution in [-0.4, -0.2) is 25.8 Å². The molecule has 2 saturated carbocycles. The second-order valence-corrected chi connectivity index (χ2v) is 7.91. The summed E-state index contributed by atoms with van der Waals surface area (Å²) < 4.78 is 10.7. The molecule has 0 N–H and O–H groups in total. The van der Waals surface area contributed by atoms with Gasteiger partial charge in [-0.2, -0.15) is 0 Å². The van der Waals surface area contributed by atoms with Crippen molar-refractivity contribution in [2.45, 2.75) is 37.7 Å². The molecule has 0 heterocycles. The molecule has 0 spiro atoms. The molecule has 2 unspecified atom stereocenters. The van der Waals surface area contributed by atoms with Gasteiger partial charge in [-0.25, -0.2) is 0 Å². The van der Waals surface area contributed by atoms with E-state index in [4.69, 9.17) is 9.47 Å². The van der Waals surface area contributed by atoms with Gasteiger partial charge in [0.2, 0.25) is 0 Å². The van der Waals surface area contributed by atoms with Crippen LogP contribution >= 0.6 is 11.8 Å². The maximum absolute atomic E-state index is 13.0. The first-order valence-electron chi connectivity index (χ1n) is 8.07. The Kier molecular flexibility index (Phi) is 4.68. The third-order valence-electron chi connectivity index (χ3n) is 5.66. The molecule has 3 atom stereocenters. The third-order valence-corrected chi connectivity index (χ3v) is 6.47. The predicted molar refractivity (Wildman–Crippen MR) is 92.1 cm³/mol. The van der Waals surface area contributed by atoms with E-state index in [1.807, 2.05) is 18.2 Å². The Hall–Kier alpha value is -1.10. The van der Waals surface area contributed by atoms with E-state index in [2.05, 4.69) is 37.5 Å². The lowest BCUT2D eigenvalue weighted by Gasteiger charge is -2.33. The van der Waals surface area contributed by atoms with Gasteiger partial charge in [-0.05, 0) is 41.7 Å². The lowest BCUT2D eigenvalue weighted by molar-refractivity contribution is -0.146. The SMILES string of the molecule is COCO[C@H]1C(=O)C2(/C=C\Sc3ccccc3)CCC1C2(C)C. The van der Waals surface area contributed by atoms with Gasteiger partial charge in [-0.1, -0.05) is 49.9 Å². The maximum atomic E-state index is 13.0. The number of ketones is 1. The number of allylic oxidation sites excluding steroid dienone is 1. The van der Waals surface area contributed by atoms with Crippen molar-refractivity contribution >= 4 is 17.5 Å². The fourth-order valence-corrected chi connectivity index (χ4v) is 5.02. The summed E-state index contributed by atoms with van der Waals surface area (Å²) in [6.07, 6.45) is 3.75.